The van der Waals surface area contributed by atoms with Gasteiger partial charge in [-0.05, 0) is 39.2 Å². The van der Waals surface area contributed by atoms with E-state index in [0.29, 0.717) is 0 Å². The summed E-state index contributed by atoms with van der Waals surface area (Å²) in [5.41, 5.74) is 1.08. The van der Waals surface area contributed by atoms with Crippen molar-refractivity contribution in [2.45, 2.75) is 6.42 Å². The van der Waals surface area contributed by atoms with Crippen LogP contribution in [-0.2, 0) is 0 Å². The van der Waals surface area contributed by atoms with Crippen molar-refractivity contribution in [2.75, 3.05) is 32.5 Å². The standard InChI is InChI=1S/C12H18N4/c1-16(2)9-5-8-13-12-10-6-3-4-7-11(10)14-15-12/h3-4,6-7H,5,8-9H2,1-2H3,(H2,13,14,15). The molecule has 4 nitrogen and oxygen atoms in total. The van der Waals surface area contributed by atoms with Crippen molar-refractivity contribution in [1.29, 1.82) is 0 Å². The maximum absolute atomic E-state index is 4.26. The molecule has 1 heterocycles. The normalized spacial score (nSPS) is 11.2. The molecule has 0 aliphatic heterocycles. The first-order valence-electron chi connectivity index (χ1n) is 5.59. The van der Waals surface area contributed by atoms with Crippen LogP contribution in [0.25, 0.3) is 10.9 Å². The molecular weight excluding hydrogens is 200 g/mol. The highest BCUT2D eigenvalue weighted by atomic mass is 15.2. The molecule has 16 heavy (non-hydrogen) atoms. The number of para-hydroxylation sites is 1. The highest BCUT2D eigenvalue weighted by Gasteiger charge is 2.02. The molecule has 0 fully saturated rings. The Bertz CT molecular complexity index is 447. The third-order valence-electron chi connectivity index (χ3n) is 2.54. The third kappa shape index (κ3) is 2.52. The molecule has 0 spiro atoms. The average molecular weight is 218 g/mol. The fourth-order valence-corrected chi connectivity index (χ4v) is 1.70. The van der Waals surface area contributed by atoms with Crippen LogP contribution in [0.5, 0.6) is 0 Å². The highest BCUT2D eigenvalue weighted by Crippen LogP contribution is 2.19. The molecule has 0 bridgehead atoms. The van der Waals surface area contributed by atoms with Crippen LogP contribution >= 0.6 is 0 Å². The molecule has 1 aromatic heterocycles. The Kier molecular flexibility index (Phi) is 3.41. The lowest BCUT2D eigenvalue weighted by atomic mass is 10.2. The largest absolute Gasteiger partial charge is 0.368 e. The smallest absolute Gasteiger partial charge is 0.155 e. The second kappa shape index (κ2) is 4.99. The summed E-state index contributed by atoms with van der Waals surface area (Å²) in [5, 5.41) is 11.8. The second-order valence-corrected chi connectivity index (χ2v) is 4.20. The minimum absolute atomic E-state index is 0.951. The summed E-state index contributed by atoms with van der Waals surface area (Å²) in [6, 6.07) is 8.15. The number of rotatable bonds is 5. The summed E-state index contributed by atoms with van der Waals surface area (Å²) in [4.78, 5) is 2.18. The summed E-state index contributed by atoms with van der Waals surface area (Å²) in [6.07, 6.45) is 1.12. The van der Waals surface area contributed by atoms with E-state index in [4.69, 9.17) is 0 Å². The summed E-state index contributed by atoms with van der Waals surface area (Å²) >= 11 is 0. The Balaban J connectivity index is 1.94. The molecular formula is C12H18N4. The van der Waals surface area contributed by atoms with Gasteiger partial charge in [0, 0.05) is 11.9 Å². The van der Waals surface area contributed by atoms with Crippen molar-refractivity contribution in [3.05, 3.63) is 24.3 Å². The van der Waals surface area contributed by atoms with E-state index in [1.165, 1.54) is 0 Å². The van der Waals surface area contributed by atoms with Gasteiger partial charge in [0.1, 0.15) is 0 Å². The van der Waals surface area contributed by atoms with Crippen LogP contribution in [-0.4, -0.2) is 42.3 Å². The molecule has 4 heteroatoms. The average Bonchev–Trinajstić information content (AvgIpc) is 2.68. The van der Waals surface area contributed by atoms with Gasteiger partial charge >= 0.3 is 0 Å². The molecule has 2 aromatic rings. The third-order valence-corrected chi connectivity index (χ3v) is 2.54. The molecule has 0 saturated carbocycles. The zero-order valence-electron chi connectivity index (χ0n) is 9.83. The second-order valence-electron chi connectivity index (χ2n) is 4.20. The van der Waals surface area contributed by atoms with Crippen molar-refractivity contribution >= 4 is 16.7 Å². The molecule has 0 saturated heterocycles. The predicted molar refractivity (Wildman–Crippen MR) is 67.8 cm³/mol. The number of benzene rings is 1. The Morgan fingerprint density at radius 3 is 2.94 bits per heavy atom. The minimum atomic E-state index is 0.951. The number of anilines is 1. The van der Waals surface area contributed by atoms with Crippen molar-refractivity contribution in [3.8, 4) is 0 Å². The monoisotopic (exact) mass is 218 g/mol. The van der Waals surface area contributed by atoms with Crippen LogP contribution in [0.15, 0.2) is 24.3 Å². The number of nitrogens with zero attached hydrogens (tertiary/aromatic N) is 2. The highest BCUT2D eigenvalue weighted by molar-refractivity contribution is 5.89. The maximum atomic E-state index is 4.26. The van der Waals surface area contributed by atoms with Gasteiger partial charge in [-0.3, -0.25) is 5.10 Å². The van der Waals surface area contributed by atoms with Crippen LogP contribution in [0.2, 0.25) is 0 Å². The van der Waals surface area contributed by atoms with E-state index < -0.39 is 0 Å². The quantitative estimate of drug-likeness (QED) is 0.754. The number of hydrogen-bond acceptors (Lipinski definition) is 3. The molecule has 0 unspecified atom stereocenters. The first kappa shape index (κ1) is 11.0. The number of aromatic nitrogens is 2. The molecule has 0 atom stereocenters. The minimum Gasteiger partial charge on any atom is -0.368 e. The van der Waals surface area contributed by atoms with Gasteiger partial charge < -0.3 is 10.2 Å². The summed E-state index contributed by atoms with van der Waals surface area (Å²) in [5.74, 6) is 0.953. The maximum Gasteiger partial charge on any atom is 0.155 e. The van der Waals surface area contributed by atoms with E-state index in [0.717, 1.165) is 36.2 Å². The van der Waals surface area contributed by atoms with E-state index in [2.05, 4.69) is 40.6 Å². The van der Waals surface area contributed by atoms with E-state index in [-0.39, 0.29) is 0 Å². The first-order valence-corrected chi connectivity index (χ1v) is 5.59. The predicted octanol–water partition coefficient (Wildman–Crippen LogP) is 1.93. The van der Waals surface area contributed by atoms with Crippen LogP contribution in [0.4, 0.5) is 5.82 Å². The fraction of sp³-hybridized carbons (Fsp3) is 0.417. The molecule has 0 aliphatic carbocycles. The van der Waals surface area contributed by atoms with Crippen molar-refractivity contribution in [1.82, 2.24) is 15.1 Å². The number of fused-ring (bicyclic) bond motifs is 1. The Hall–Kier alpha value is -1.55. The van der Waals surface area contributed by atoms with Crippen molar-refractivity contribution < 1.29 is 0 Å². The molecule has 0 aliphatic rings. The lowest BCUT2D eigenvalue weighted by Crippen LogP contribution is -2.16. The van der Waals surface area contributed by atoms with Crippen molar-refractivity contribution in [2.24, 2.45) is 0 Å². The van der Waals surface area contributed by atoms with Gasteiger partial charge in [-0.2, -0.15) is 5.10 Å². The van der Waals surface area contributed by atoms with Gasteiger partial charge in [-0.1, -0.05) is 12.1 Å². The molecule has 2 N–H and O–H groups in total. The zero-order valence-corrected chi connectivity index (χ0v) is 9.83. The van der Waals surface area contributed by atoms with Gasteiger partial charge in [0.05, 0.1) is 5.52 Å². The van der Waals surface area contributed by atoms with E-state index in [9.17, 15) is 0 Å². The molecule has 2 rings (SSSR count). The van der Waals surface area contributed by atoms with Gasteiger partial charge in [0.15, 0.2) is 5.82 Å². The number of aromatic amines is 1. The van der Waals surface area contributed by atoms with E-state index in [1.54, 1.807) is 0 Å². The van der Waals surface area contributed by atoms with Crippen LogP contribution in [0.3, 0.4) is 0 Å². The lowest BCUT2D eigenvalue weighted by molar-refractivity contribution is 0.405. The lowest BCUT2D eigenvalue weighted by Gasteiger charge is -2.09. The summed E-state index contributed by atoms with van der Waals surface area (Å²) in [6.45, 7) is 2.04. The SMILES string of the molecule is CN(C)CCCNc1n[nH]c2ccccc12. The topological polar surface area (TPSA) is 44.0 Å². The number of H-pyrrole nitrogens is 1. The molecule has 0 amide bonds. The Morgan fingerprint density at radius 1 is 1.31 bits per heavy atom. The molecule has 0 radical (unpaired) electrons. The van der Waals surface area contributed by atoms with Crippen molar-refractivity contribution in [3.63, 3.8) is 0 Å². The van der Waals surface area contributed by atoms with E-state index >= 15 is 0 Å². The van der Waals surface area contributed by atoms with Gasteiger partial charge in [-0.15, -0.1) is 0 Å². The molecule has 1 aromatic carbocycles. The van der Waals surface area contributed by atoms with Gasteiger partial charge in [-0.25, -0.2) is 0 Å². The summed E-state index contributed by atoms with van der Waals surface area (Å²) < 4.78 is 0. The van der Waals surface area contributed by atoms with Gasteiger partial charge in [0.25, 0.3) is 0 Å². The van der Waals surface area contributed by atoms with Crippen LogP contribution < -0.4 is 5.32 Å². The fourth-order valence-electron chi connectivity index (χ4n) is 1.70. The van der Waals surface area contributed by atoms with Crippen LogP contribution in [0.1, 0.15) is 6.42 Å². The zero-order chi connectivity index (χ0) is 11.4. The van der Waals surface area contributed by atoms with E-state index in [1.807, 2.05) is 18.2 Å². The first-order chi connectivity index (χ1) is 7.77. The number of hydrogen-bond donors (Lipinski definition) is 2. The van der Waals surface area contributed by atoms with Gasteiger partial charge in [0.2, 0.25) is 0 Å². The summed E-state index contributed by atoms with van der Waals surface area (Å²) in [7, 11) is 4.17. The number of nitrogens with one attached hydrogen (secondary N) is 2. The van der Waals surface area contributed by atoms with Crippen LogP contribution in [0, 0.1) is 0 Å². The Labute approximate surface area is 95.6 Å². The Morgan fingerprint density at radius 2 is 2.12 bits per heavy atom. The molecule has 86 valence electrons.